The number of nitrogens with zero attached hydrogens (tertiary/aromatic N) is 1. The molecule has 1 N–H and O–H groups in total. The van der Waals surface area contributed by atoms with E-state index in [1.807, 2.05) is 0 Å². The number of carbonyl (C=O) groups excluding carboxylic acids is 1. The van der Waals surface area contributed by atoms with Crippen LogP contribution in [0.3, 0.4) is 0 Å². The second kappa shape index (κ2) is 4.08. The van der Waals surface area contributed by atoms with Gasteiger partial charge in [-0.2, -0.15) is 0 Å². The van der Waals surface area contributed by atoms with Crippen LogP contribution in [0.15, 0.2) is 17.1 Å². The van der Waals surface area contributed by atoms with E-state index in [0.29, 0.717) is 0 Å². The Hall–Kier alpha value is -1.65. The van der Waals surface area contributed by atoms with E-state index >= 15 is 0 Å². The molecule has 0 fully saturated rings. The summed E-state index contributed by atoms with van der Waals surface area (Å²) in [6, 6.07) is 0. The van der Waals surface area contributed by atoms with Crippen LogP contribution in [-0.2, 0) is 14.3 Å². The lowest BCUT2D eigenvalue weighted by molar-refractivity contribution is -0.162. The molecule has 1 rings (SSSR count). The van der Waals surface area contributed by atoms with Gasteiger partial charge in [0, 0.05) is 6.21 Å². The predicted molar refractivity (Wildman–Crippen MR) is 58.5 cm³/mol. The summed E-state index contributed by atoms with van der Waals surface area (Å²) in [7, 11) is 0. The van der Waals surface area contributed by atoms with E-state index in [9.17, 15) is 9.59 Å². The maximum Gasteiger partial charge on any atom is 0.339 e. The van der Waals surface area contributed by atoms with Gasteiger partial charge in [0.2, 0.25) is 0 Å². The molecule has 0 spiro atoms. The van der Waals surface area contributed by atoms with Crippen LogP contribution in [-0.4, -0.2) is 34.4 Å². The SMILES string of the molecule is CC(C)(C)OC(=O)C1(CC(=O)O)C=CC=N1. The summed E-state index contributed by atoms with van der Waals surface area (Å²) in [6.07, 6.45) is 4.02. The van der Waals surface area contributed by atoms with Gasteiger partial charge in [-0.05, 0) is 32.9 Å². The number of carboxylic acid groups (broad SMARTS) is 1. The number of hydrogen-bond acceptors (Lipinski definition) is 4. The molecule has 1 unspecified atom stereocenters. The number of aliphatic carboxylic acids is 1. The zero-order chi connectivity index (χ0) is 12.4. The fourth-order valence-corrected chi connectivity index (χ4v) is 1.32. The lowest BCUT2D eigenvalue weighted by Gasteiger charge is -2.26. The summed E-state index contributed by atoms with van der Waals surface area (Å²) < 4.78 is 5.16. The minimum atomic E-state index is -1.39. The number of hydrogen-bond donors (Lipinski definition) is 1. The third-order valence-corrected chi connectivity index (χ3v) is 1.94. The van der Waals surface area contributed by atoms with Gasteiger partial charge in [0.05, 0.1) is 6.42 Å². The zero-order valence-electron chi connectivity index (χ0n) is 9.56. The van der Waals surface area contributed by atoms with Crippen LogP contribution in [0.4, 0.5) is 0 Å². The van der Waals surface area contributed by atoms with Crippen molar-refractivity contribution in [3.63, 3.8) is 0 Å². The normalized spacial score (nSPS) is 23.4. The molecular formula is C11H15NO4. The van der Waals surface area contributed by atoms with Crippen molar-refractivity contribution in [3.8, 4) is 0 Å². The third-order valence-electron chi connectivity index (χ3n) is 1.94. The number of rotatable bonds is 3. The molecule has 0 aliphatic carbocycles. The first kappa shape index (κ1) is 12.4. The first-order valence-electron chi connectivity index (χ1n) is 4.93. The molecule has 1 aliphatic heterocycles. The van der Waals surface area contributed by atoms with Gasteiger partial charge in [-0.1, -0.05) is 0 Å². The molecule has 88 valence electrons. The Kier molecular flexibility index (Phi) is 3.16. The van der Waals surface area contributed by atoms with Gasteiger partial charge in [-0.3, -0.25) is 9.79 Å². The molecule has 0 aromatic heterocycles. The third kappa shape index (κ3) is 2.92. The van der Waals surface area contributed by atoms with Crippen LogP contribution in [0, 0.1) is 0 Å². The van der Waals surface area contributed by atoms with E-state index < -0.39 is 29.5 Å². The Balaban J connectivity index is 2.87. The highest BCUT2D eigenvalue weighted by atomic mass is 16.6. The van der Waals surface area contributed by atoms with E-state index in [-0.39, 0.29) is 0 Å². The number of esters is 1. The highest BCUT2D eigenvalue weighted by Crippen LogP contribution is 2.26. The molecule has 5 heteroatoms. The minimum absolute atomic E-state index is 0.394. The molecule has 16 heavy (non-hydrogen) atoms. The topological polar surface area (TPSA) is 76.0 Å². The van der Waals surface area contributed by atoms with E-state index in [4.69, 9.17) is 9.84 Å². The minimum Gasteiger partial charge on any atom is -0.481 e. The van der Waals surface area contributed by atoms with Gasteiger partial charge in [-0.25, -0.2) is 4.79 Å². The molecule has 5 nitrogen and oxygen atoms in total. The Morgan fingerprint density at radius 2 is 2.06 bits per heavy atom. The van der Waals surface area contributed by atoms with Crippen LogP contribution >= 0.6 is 0 Å². The van der Waals surface area contributed by atoms with Crippen molar-refractivity contribution < 1.29 is 19.4 Å². The van der Waals surface area contributed by atoms with E-state index in [1.165, 1.54) is 12.3 Å². The van der Waals surface area contributed by atoms with Crippen molar-refractivity contribution in [1.29, 1.82) is 0 Å². The molecule has 1 atom stereocenters. The average Bonchev–Trinajstić information content (AvgIpc) is 2.49. The van der Waals surface area contributed by atoms with E-state index in [1.54, 1.807) is 26.8 Å². The van der Waals surface area contributed by atoms with Crippen molar-refractivity contribution in [3.05, 3.63) is 12.2 Å². The summed E-state index contributed by atoms with van der Waals surface area (Å²) in [6.45, 7) is 5.17. The number of aliphatic imine (C=N–C) groups is 1. The maximum absolute atomic E-state index is 11.9. The summed E-state index contributed by atoms with van der Waals surface area (Å²) in [5, 5.41) is 8.77. The highest BCUT2D eigenvalue weighted by Gasteiger charge is 2.42. The van der Waals surface area contributed by atoms with Crippen molar-refractivity contribution in [2.45, 2.75) is 38.3 Å². The zero-order valence-corrected chi connectivity index (χ0v) is 9.56. The second-order valence-corrected chi connectivity index (χ2v) is 4.63. The van der Waals surface area contributed by atoms with Crippen LogP contribution in [0.2, 0.25) is 0 Å². The predicted octanol–water partition coefficient (Wildman–Crippen LogP) is 1.18. The Bertz CT molecular complexity index is 351. The van der Waals surface area contributed by atoms with Crippen LogP contribution < -0.4 is 0 Å². The summed E-state index contributed by atoms with van der Waals surface area (Å²) in [5.41, 5.74) is -2.05. The fourth-order valence-electron chi connectivity index (χ4n) is 1.32. The van der Waals surface area contributed by atoms with Crippen molar-refractivity contribution in [2.75, 3.05) is 0 Å². The molecule has 0 aromatic carbocycles. The summed E-state index contributed by atoms with van der Waals surface area (Å²) in [4.78, 5) is 26.5. The number of carbonyl (C=O) groups is 2. The molecule has 1 heterocycles. The lowest BCUT2D eigenvalue weighted by Crippen LogP contribution is -2.41. The Morgan fingerprint density at radius 3 is 2.44 bits per heavy atom. The maximum atomic E-state index is 11.9. The second-order valence-electron chi connectivity index (χ2n) is 4.63. The number of carboxylic acids is 1. The molecule has 0 saturated carbocycles. The first-order chi connectivity index (χ1) is 7.25. The number of allylic oxidation sites excluding steroid dienone is 1. The molecule has 0 bridgehead atoms. The van der Waals surface area contributed by atoms with Gasteiger partial charge in [0.25, 0.3) is 0 Å². The molecule has 0 saturated heterocycles. The Labute approximate surface area is 93.8 Å². The monoisotopic (exact) mass is 225 g/mol. The standard InChI is InChI=1S/C11H15NO4/c1-10(2,3)16-9(15)11(7-8(13)14)5-4-6-12-11/h4-6H,7H2,1-3H3,(H,13,14). The van der Waals surface area contributed by atoms with Crippen molar-refractivity contribution >= 4 is 18.2 Å². The number of ether oxygens (including phenoxy) is 1. The fraction of sp³-hybridized carbons (Fsp3) is 0.545. The van der Waals surface area contributed by atoms with Gasteiger partial charge in [0.1, 0.15) is 5.60 Å². The largest absolute Gasteiger partial charge is 0.481 e. The quantitative estimate of drug-likeness (QED) is 0.732. The summed E-state index contributed by atoms with van der Waals surface area (Å²) in [5.74, 6) is -1.72. The van der Waals surface area contributed by atoms with E-state index in [2.05, 4.69) is 4.99 Å². The Morgan fingerprint density at radius 1 is 1.44 bits per heavy atom. The van der Waals surface area contributed by atoms with Crippen LogP contribution in [0.1, 0.15) is 27.2 Å². The van der Waals surface area contributed by atoms with E-state index in [0.717, 1.165) is 0 Å². The van der Waals surface area contributed by atoms with Crippen LogP contribution in [0.25, 0.3) is 0 Å². The van der Waals surface area contributed by atoms with Crippen LogP contribution in [0.5, 0.6) is 0 Å². The molecule has 1 aliphatic rings. The van der Waals surface area contributed by atoms with Gasteiger partial charge in [-0.15, -0.1) is 0 Å². The first-order valence-corrected chi connectivity index (χ1v) is 4.93. The summed E-state index contributed by atoms with van der Waals surface area (Å²) >= 11 is 0. The lowest BCUT2D eigenvalue weighted by atomic mass is 9.96. The van der Waals surface area contributed by atoms with Gasteiger partial charge >= 0.3 is 11.9 Å². The molecule has 0 amide bonds. The smallest absolute Gasteiger partial charge is 0.339 e. The molecular weight excluding hydrogens is 210 g/mol. The van der Waals surface area contributed by atoms with Gasteiger partial charge < -0.3 is 9.84 Å². The average molecular weight is 225 g/mol. The van der Waals surface area contributed by atoms with Crippen molar-refractivity contribution in [2.24, 2.45) is 4.99 Å². The highest BCUT2D eigenvalue weighted by molar-refractivity contribution is 5.94. The molecule has 0 radical (unpaired) electrons. The van der Waals surface area contributed by atoms with Gasteiger partial charge in [0.15, 0.2) is 5.54 Å². The molecule has 0 aromatic rings. The van der Waals surface area contributed by atoms with Crippen molar-refractivity contribution in [1.82, 2.24) is 0 Å².